The van der Waals surface area contributed by atoms with E-state index in [1.807, 2.05) is 6.92 Å². The van der Waals surface area contributed by atoms with E-state index >= 15 is 0 Å². The maximum Gasteiger partial charge on any atom is 0.256 e. The largest absolute Gasteiger partial charge is 0.398 e. The van der Waals surface area contributed by atoms with E-state index in [0.29, 0.717) is 18.2 Å². The lowest BCUT2D eigenvalue weighted by Gasteiger charge is -2.21. The van der Waals surface area contributed by atoms with Crippen molar-refractivity contribution in [1.82, 2.24) is 4.90 Å². The van der Waals surface area contributed by atoms with Gasteiger partial charge in [0.15, 0.2) is 0 Å². The summed E-state index contributed by atoms with van der Waals surface area (Å²) in [6, 6.07) is 4.26. The molecule has 16 heavy (non-hydrogen) atoms. The van der Waals surface area contributed by atoms with Crippen LogP contribution in [0.4, 0.5) is 10.1 Å². The topological polar surface area (TPSA) is 46.3 Å². The molecule has 4 heteroatoms. The van der Waals surface area contributed by atoms with E-state index < -0.39 is 5.82 Å². The Labute approximate surface area is 94.0 Å². The summed E-state index contributed by atoms with van der Waals surface area (Å²) in [6.45, 7) is 2.61. The number of carbonyl (C=O) groups is 1. The van der Waals surface area contributed by atoms with Crippen molar-refractivity contribution in [3.63, 3.8) is 0 Å². The van der Waals surface area contributed by atoms with Crippen LogP contribution in [0.5, 0.6) is 0 Å². The number of rotatable bonds is 3. The van der Waals surface area contributed by atoms with E-state index in [1.165, 1.54) is 18.2 Å². The van der Waals surface area contributed by atoms with Gasteiger partial charge in [-0.1, -0.05) is 0 Å². The Morgan fingerprint density at radius 3 is 2.75 bits per heavy atom. The van der Waals surface area contributed by atoms with Gasteiger partial charge in [0, 0.05) is 18.3 Å². The molecule has 0 spiro atoms. The van der Waals surface area contributed by atoms with Gasteiger partial charge in [0.1, 0.15) is 5.82 Å². The summed E-state index contributed by atoms with van der Waals surface area (Å²) >= 11 is 0. The lowest BCUT2D eigenvalue weighted by atomic mass is 10.1. The number of nitrogen functional groups attached to an aromatic ring is 1. The molecule has 1 fully saturated rings. The number of halogens is 1. The van der Waals surface area contributed by atoms with Crippen molar-refractivity contribution >= 4 is 11.6 Å². The first-order valence-corrected chi connectivity index (χ1v) is 5.49. The van der Waals surface area contributed by atoms with Crippen molar-refractivity contribution in [2.45, 2.75) is 25.8 Å². The Balaban J connectivity index is 2.25. The molecule has 1 aliphatic rings. The zero-order chi connectivity index (χ0) is 11.7. The smallest absolute Gasteiger partial charge is 0.256 e. The minimum atomic E-state index is -0.413. The third-order valence-corrected chi connectivity index (χ3v) is 2.83. The van der Waals surface area contributed by atoms with Crippen LogP contribution in [0.3, 0.4) is 0 Å². The Kier molecular flexibility index (Phi) is 2.81. The lowest BCUT2D eigenvalue weighted by molar-refractivity contribution is 0.0753. The highest BCUT2D eigenvalue weighted by atomic mass is 19.1. The highest BCUT2D eigenvalue weighted by Crippen LogP contribution is 2.29. The zero-order valence-corrected chi connectivity index (χ0v) is 9.24. The molecule has 2 rings (SSSR count). The van der Waals surface area contributed by atoms with Crippen molar-refractivity contribution in [3.8, 4) is 0 Å². The Bertz CT molecular complexity index is 415. The maximum atomic E-state index is 12.9. The Morgan fingerprint density at radius 2 is 2.25 bits per heavy atom. The lowest BCUT2D eigenvalue weighted by Crippen LogP contribution is -2.33. The van der Waals surface area contributed by atoms with Gasteiger partial charge in [-0.05, 0) is 38.0 Å². The third-order valence-electron chi connectivity index (χ3n) is 2.83. The molecule has 0 atom stereocenters. The van der Waals surface area contributed by atoms with Gasteiger partial charge in [-0.3, -0.25) is 4.79 Å². The summed E-state index contributed by atoms with van der Waals surface area (Å²) in [4.78, 5) is 13.9. The number of nitrogens with two attached hydrogens (primary N) is 1. The molecule has 86 valence electrons. The fourth-order valence-corrected chi connectivity index (χ4v) is 1.84. The highest BCUT2D eigenvalue weighted by Gasteiger charge is 2.32. The molecule has 0 aromatic heterocycles. The zero-order valence-electron chi connectivity index (χ0n) is 9.24. The molecule has 1 aromatic carbocycles. The first kappa shape index (κ1) is 10.9. The molecule has 3 nitrogen and oxygen atoms in total. The SMILES string of the molecule is CCN(C(=O)c1ccc(F)cc1N)C1CC1. The van der Waals surface area contributed by atoms with E-state index in [1.54, 1.807) is 4.90 Å². The molecule has 0 heterocycles. The van der Waals surface area contributed by atoms with Gasteiger partial charge in [0.25, 0.3) is 5.91 Å². The van der Waals surface area contributed by atoms with Crippen LogP contribution in [0, 0.1) is 5.82 Å². The van der Waals surface area contributed by atoms with Crippen LogP contribution in [0.2, 0.25) is 0 Å². The van der Waals surface area contributed by atoms with Gasteiger partial charge in [-0.15, -0.1) is 0 Å². The number of hydrogen-bond acceptors (Lipinski definition) is 2. The van der Waals surface area contributed by atoms with Crippen LogP contribution in [0.15, 0.2) is 18.2 Å². The highest BCUT2D eigenvalue weighted by molar-refractivity contribution is 5.99. The molecule has 2 N–H and O–H groups in total. The fraction of sp³-hybridized carbons (Fsp3) is 0.417. The van der Waals surface area contributed by atoms with Gasteiger partial charge < -0.3 is 10.6 Å². The van der Waals surface area contributed by atoms with E-state index in [4.69, 9.17) is 5.73 Å². The summed E-state index contributed by atoms with van der Waals surface area (Å²) in [6.07, 6.45) is 2.11. The van der Waals surface area contributed by atoms with E-state index in [-0.39, 0.29) is 11.6 Å². The number of anilines is 1. The average Bonchev–Trinajstić information content (AvgIpc) is 3.02. The summed E-state index contributed by atoms with van der Waals surface area (Å²) in [5.74, 6) is -0.508. The number of amides is 1. The van der Waals surface area contributed by atoms with Gasteiger partial charge in [-0.25, -0.2) is 4.39 Å². The normalized spacial score (nSPS) is 14.9. The van der Waals surface area contributed by atoms with Gasteiger partial charge in [0.05, 0.1) is 5.56 Å². The number of hydrogen-bond donors (Lipinski definition) is 1. The molecular formula is C12H15FN2O. The second-order valence-electron chi connectivity index (χ2n) is 4.05. The van der Waals surface area contributed by atoms with Crippen LogP contribution in [0.25, 0.3) is 0 Å². The first-order valence-electron chi connectivity index (χ1n) is 5.49. The quantitative estimate of drug-likeness (QED) is 0.795. The molecule has 1 saturated carbocycles. The number of nitrogens with zero attached hydrogens (tertiary/aromatic N) is 1. The van der Waals surface area contributed by atoms with Crippen molar-refractivity contribution in [1.29, 1.82) is 0 Å². The van der Waals surface area contributed by atoms with E-state index in [0.717, 1.165) is 12.8 Å². The van der Waals surface area contributed by atoms with Crippen LogP contribution in [0.1, 0.15) is 30.1 Å². The van der Waals surface area contributed by atoms with Gasteiger partial charge >= 0.3 is 0 Å². The first-order chi connectivity index (χ1) is 7.63. The predicted octanol–water partition coefficient (Wildman–Crippen LogP) is 2.03. The minimum absolute atomic E-state index is 0.0949. The van der Waals surface area contributed by atoms with Crippen LogP contribution in [-0.2, 0) is 0 Å². The molecule has 0 bridgehead atoms. The molecule has 1 aromatic rings. The fourth-order valence-electron chi connectivity index (χ4n) is 1.84. The van der Waals surface area contributed by atoms with E-state index in [2.05, 4.69) is 0 Å². The summed E-state index contributed by atoms with van der Waals surface area (Å²) in [5, 5.41) is 0. The Hall–Kier alpha value is -1.58. The summed E-state index contributed by atoms with van der Waals surface area (Å²) in [7, 11) is 0. The second-order valence-corrected chi connectivity index (χ2v) is 4.05. The van der Waals surface area contributed by atoms with E-state index in [9.17, 15) is 9.18 Å². The van der Waals surface area contributed by atoms with Crippen molar-refractivity contribution in [3.05, 3.63) is 29.6 Å². The van der Waals surface area contributed by atoms with Gasteiger partial charge in [0.2, 0.25) is 0 Å². The number of carbonyl (C=O) groups excluding carboxylic acids is 1. The third kappa shape index (κ3) is 2.01. The predicted molar refractivity (Wildman–Crippen MR) is 60.5 cm³/mol. The molecule has 0 unspecified atom stereocenters. The molecule has 1 aliphatic carbocycles. The summed E-state index contributed by atoms with van der Waals surface area (Å²) in [5.41, 5.74) is 6.26. The van der Waals surface area contributed by atoms with Crippen molar-refractivity contribution in [2.75, 3.05) is 12.3 Å². The van der Waals surface area contributed by atoms with Crippen LogP contribution < -0.4 is 5.73 Å². The van der Waals surface area contributed by atoms with Crippen LogP contribution >= 0.6 is 0 Å². The van der Waals surface area contributed by atoms with Crippen molar-refractivity contribution < 1.29 is 9.18 Å². The maximum absolute atomic E-state index is 12.9. The monoisotopic (exact) mass is 222 g/mol. The van der Waals surface area contributed by atoms with Gasteiger partial charge in [-0.2, -0.15) is 0 Å². The molecular weight excluding hydrogens is 207 g/mol. The van der Waals surface area contributed by atoms with Crippen LogP contribution in [-0.4, -0.2) is 23.4 Å². The van der Waals surface area contributed by atoms with Crippen molar-refractivity contribution in [2.24, 2.45) is 0 Å². The molecule has 1 amide bonds. The minimum Gasteiger partial charge on any atom is -0.398 e. The molecule has 0 aliphatic heterocycles. The number of benzene rings is 1. The molecule has 0 saturated heterocycles. The second kappa shape index (κ2) is 4.12. The molecule has 0 radical (unpaired) electrons. The standard InChI is InChI=1S/C12H15FN2O/c1-2-15(9-4-5-9)12(16)10-6-3-8(13)7-11(10)14/h3,6-7,9H,2,4-5,14H2,1H3. The average molecular weight is 222 g/mol. The Morgan fingerprint density at radius 1 is 1.56 bits per heavy atom. The summed E-state index contributed by atoms with van der Waals surface area (Å²) < 4.78 is 12.9.